The lowest BCUT2D eigenvalue weighted by atomic mass is 10.1. The van der Waals surface area contributed by atoms with Crippen LogP contribution in [0.4, 0.5) is 0 Å². The maximum absolute atomic E-state index is 12.0. The quantitative estimate of drug-likeness (QED) is 0.793. The molecule has 0 bridgehead atoms. The van der Waals surface area contributed by atoms with Crippen molar-refractivity contribution in [2.75, 3.05) is 13.7 Å². The van der Waals surface area contributed by atoms with Gasteiger partial charge in [-0.2, -0.15) is 0 Å². The van der Waals surface area contributed by atoms with Gasteiger partial charge in [0.1, 0.15) is 6.54 Å². The molecule has 1 amide bonds. The standard InChI is InChI=1S/C13H15N5O3/c1-3-18-12(15-16-17-18)9-5-4-6-10(7-9)13(20)14-8-11(19)21-2/h4-7H,3,8H2,1-2H3,(H,14,20). The molecule has 110 valence electrons. The number of tetrazole rings is 1. The second-order valence-corrected chi connectivity index (χ2v) is 4.16. The summed E-state index contributed by atoms with van der Waals surface area (Å²) < 4.78 is 6.10. The van der Waals surface area contributed by atoms with Crippen molar-refractivity contribution in [1.82, 2.24) is 25.5 Å². The highest BCUT2D eigenvalue weighted by Gasteiger charge is 2.12. The fourth-order valence-electron chi connectivity index (χ4n) is 1.75. The minimum absolute atomic E-state index is 0.174. The van der Waals surface area contributed by atoms with E-state index in [2.05, 4.69) is 25.6 Å². The smallest absolute Gasteiger partial charge is 0.325 e. The molecule has 8 nitrogen and oxygen atoms in total. The minimum Gasteiger partial charge on any atom is -0.468 e. The van der Waals surface area contributed by atoms with E-state index in [0.29, 0.717) is 17.9 Å². The first-order chi connectivity index (χ1) is 10.2. The number of ether oxygens (including phenoxy) is 1. The minimum atomic E-state index is -0.505. The summed E-state index contributed by atoms with van der Waals surface area (Å²) in [5.74, 6) is -0.285. The summed E-state index contributed by atoms with van der Waals surface area (Å²) in [6.45, 7) is 2.38. The highest BCUT2D eigenvalue weighted by atomic mass is 16.5. The van der Waals surface area contributed by atoms with Crippen LogP contribution in [0.5, 0.6) is 0 Å². The van der Waals surface area contributed by atoms with Gasteiger partial charge in [-0.15, -0.1) is 5.10 Å². The van der Waals surface area contributed by atoms with Gasteiger partial charge in [0, 0.05) is 17.7 Å². The number of hydrogen-bond donors (Lipinski definition) is 1. The number of amides is 1. The lowest BCUT2D eigenvalue weighted by Crippen LogP contribution is -2.30. The van der Waals surface area contributed by atoms with Gasteiger partial charge in [-0.3, -0.25) is 9.59 Å². The van der Waals surface area contributed by atoms with Crippen LogP contribution in [0.1, 0.15) is 17.3 Å². The Kier molecular flexibility index (Phi) is 4.60. The molecule has 1 heterocycles. The molecule has 21 heavy (non-hydrogen) atoms. The van der Waals surface area contributed by atoms with Gasteiger partial charge in [0.05, 0.1) is 7.11 Å². The predicted octanol–water partition coefficient (Wildman–Crippen LogP) is 0.263. The molecule has 0 radical (unpaired) electrons. The molecule has 1 N–H and O–H groups in total. The van der Waals surface area contributed by atoms with E-state index >= 15 is 0 Å². The summed E-state index contributed by atoms with van der Waals surface area (Å²) in [6, 6.07) is 6.87. The van der Waals surface area contributed by atoms with Gasteiger partial charge in [0.15, 0.2) is 5.82 Å². The van der Waals surface area contributed by atoms with Crippen LogP contribution >= 0.6 is 0 Å². The third kappa shape index (κ3) is 3.41. The van der Waals surface area contributed by atoms with Crippen LogP contribution in [0, 0.1) is 0 Å². The van der Waals surface area contributed by atoms with Crippen molar-refractivity contribution in [1.29, 1.82) is 0 Å². The molecule has 0 aliphatic rings. The number of rotatable bonds is 5. The van der Waals surface area contributed by atoms with Crippen LogP contribution in [-0.4, -0.2) is 45.7 Å². The number of carbonyl (C=O) groups excluding carboxylic acids is 2. The van der Waals surface area contributed by atoms with Crippen LogP contribution in [-0.2, 0) is 16.1 Å². The lowest BCUT2D eigenvalue weighted by Gasteiger charge is -2.06. The van der Waals surface area contributed by atoms with E-state index in [-0.39, 0.29) is 12.5 Å². The van der Waals surface area contributed by atoms with E-state index in [9.17, 15) is 9.59 Å². The Morgan fingerprint density at radius 1 is 1.38 bits per heavy atom. The molecule has 0 spiro atoms. The van der Waals surface area contributed by atoms with Crippen molar-refractivity contribution < 1.29 is 14.3 Å². The van der Waals surface area contributed by atoms with E-state index < -0.39 is 5.97 Å². The molecular weight excluding hydrogens is 274 g/mol. The Morgan fingerprint density at radius 3 is 2.90 bits per heavy atom. The second-order valence-electron chi connectivity index (χ2n) is 4.16. The number of carbonyl (C=O) groups is 2. The molecular formula is C13H15N5O3. The number of aryl methyl sites for hydroxylation is 1. The first kappa shape index (κ1) is 14.6. The third-order valence-electron chi connectivity index (χ3n) is 2.84. The van der Waals surface area contributed by atoms with Crippen LogP contribution in [0.3, 0.4) is 0 Å². The van der Waals surface area contributed by atoms with Crippen molar-refractivity contribution in [3.05, 3.63) is 29.8 Å². The summed E-state index contributed by atoms with van der Waals surface area (Å²) >= 11 is 0. The average Bonchev–Trinajstić information content (AvgIpc) is 3.00. The predicted molar refractivity (Wildman–Crippen MR) is 73.3 cm³/mol. The molecule has 0 atom stereocenters. The number of methoxy groups -OCH3 is 1. The normalized spacial score (nSPS) is 10.2. The zero-order valence-corrected chi connectivity index (χ0v) is 11.7. The van der Waals surface area contributed by atoms with Gasteiger partial charge in [-0.25, -0.2) is 4.68 Å². The summed E-state index contributed by atoms with van der Waals surface area (Å²) in [6.07, 6.45) is 0. The number of nitrogens with one attached hydrogen (secondary N) is 1. The van der Waals surface area contributed by atoms with E-state index in [4.69, 9.17) is 0 Å². The first-order valence-electron chi connectivity index (χ1n) is 6.37. The average molecular weight is 289 g/mol. The number of hydrogen-bond acceptors (Lipinski definition) is 6. The molecule has 0 saturated carbocycles. The SMILES string of the molecule is CCn1nnnc1-c1cccc(C(=O)NCC(=O)OC)c1. The van der Waals surface area contributed by atoms with Crippen molar-refractivity contribution in [2.24, 2.45) is 0 Å². The second kappa shape index (κ2) is 6.60. The van der Waals surface area contributed by atoms with Crippen LogP contribution in [0.15, 0.2) is 24.3 Å². The topological polar surface area (TPSA) is 99.0 Å². The van der Waals surface area contributed by atoms with Gasteiger partial charge in [0.2, 0.25) is 0 Å². The van der Waals surface area contributed by atoms with E-state index in [1.54, 1.807) is 22.9 Å². The van der Waals surface area contributed by atoms with Crippen molar-refractivity contribution in [3.63, 3.8) is 0 Å². The van der Waals surface area contributed by atoms with E-state index in [1.807, 2.05) is 13.0 Å². The maximum Gasteiger partial charge on any atom is 0.325 e. The van der Waals surface area contributed by atoms with Gasteiger partial charge >= 0.3 is 5.97 Å². The molecule has 2 rings (SSSR count). The molecule has 0 aliphatic heterocycles. The Hall–Kier alpha value is -2.77. The monoisotopic (exact) mass is 289 g/mol. The highest BCUT2D eigenvalue weighted by Crippen LogP contribution is 2.17. The zero-order chi connectivity index (χ0) is 15.2. The maximum atomic E-state index is 12.0. The van der Waals surface area contributed by atoms with Gasteiger partial charge < -0.3 is 10.1 Å². The molecule has 2 aromatic rings. The van der Waals surface area contributed by atoms with Crippen molar-refractivity contribution in [2.45, 2.75) is 13.5 Å². The fourth-order valence-corrected chi connectivity index (χ4v) is 1.75. The highest BCUT2D eigenvalue weighted by molar-refractivity contribution is 5.96. The van der Waals surface area contributed by atoms with Gasteiger partial charge in [-0.1, -0.05) is 12.1 Å². The number of nitrogens with zero attached hydrogens (tertiary/aromatic N) is 4. The zero-order valence-electron chi connectivity index (χ0n) is 11.7. The molecule has 0 saturated heterocycles. The summed E-state index contributed by atoms with van der Waals surface area (Å²) in [7, 11) is 1.26. The number of aromatic nitrogens is 4. The van der Waals surface area contributed by atoms with E-state index in [1.165, 1.54) is 7.11 Å². The first-order valence-corrected chi connectivity index (χ1v) is 6.37. The Bertz CT molecular complexity index is 653. The Labute approximate surface area is 121 Å². The summed E-state index contributed by atoms with van der Waals surface area (Å²) in [4.78, 5) is 23.0. The fraction of sp³-hybridized carbons (Fsp3) is 0.308. The molecule has 0 unspecified atom stereocenters. The Balaban J connectivity index is 2.18. The van der Waals surface area contributed by atoms with Gasteiger partial charge in [-0.05, 0) is 29.5 Å². The molecule has 1 aromatic heterocycles. The largest absolute Gasteiger partial charge is 0.468 e. The lowest BCUT2D eigenvalue weighted by molar-refractivity contribution is -0.139. The molecule has 0 aliphatic carbocycles. The van der Waals surface area contributed by atoms with Crippen LogP contribution in [0.25, 0.3) is 11.4 Å². The molecule has 1 aromatic carbocycles. The summed E-state index contributed by atoms with van der Waals surface area (Å²) in [5.41, 5.74) is 1.15. The van der Waals surface area contributed by atoms with Crippen LogP contribution in [0.2, 0.25) is 0 Å². The summed E-state index contributed by atoms with van der Waals surface area (Å²) in [5, 5.41) is 13.9. The third-order valence-corrected chi connectivity index (χ3v) is 2.84. The van der Waals surface area contributed by atoms with Crippen molar-refractivity contribution >= 4 is 11.9 Å². The van der Waals surface area contributed by atoms with Crippen molar-refractivity contribution in [3.8, 4) is 11.4 Å². The molecule has 8 heteroatoms. The number of benzene rings is 1. The molecule has 0 fully saturated rings. The Morgan fingerprint density at radius 2 is 2.19 bits per heavy atom. The van der Waals surface area contributed by atoms with Gasteiger partial charge in [0.25, 0.3) is 5.91 Å². The van der Waals surface area contributed by atoms with E-state index in [0.717, 1.165) is 5.56 Å². The number of esters is 1. The van der Waals surface area contributed by atoms with Crippen LogP contribution < -0.4 is 5.32 Å².